The fourth-order valence-electron chi connectivity index (χ4n) is 1.04. The van der Waals surface area contributed by atoms with Crippen molar-refractivity contribution in [1.29, 1.82) is 0 Å². The van der Waals surface area contributed by atoms with Crippen molar-refractivity contribution in [3.05, 3.63) is 23.8 Å². The van der Waals surface area contributed by atoms with Crippen molar-refractivity contribution in [3.63, 3.8) is 0 Å². The lowest BCUT2D eigenvalue weighted by atomic mass is 10.1. The van der Waals surface area contributed by atoms with E-state index in [9.17, 15) is 4.79 Å². The van der Waals surface area contributed by atoms with Crippen LogP contribution in [0.3, 0.4) is 0 Å². The van der Waals surface area contributed by atoms with Gasteiger partial charge in [0.2, 0.25) is 0 Å². The van der Waals surface area contributed by atoms with Crippen LogP contribution < -0.4 is 4.74 Å². The number of benzene rings is 1. The summed E-state index contributed by atoms with van der Waals surface area (Å²) in [5, 5.41) is 8.58. The molecule has 1 aromatic carbocycles. The first-order chi connectivity index (χ1) is 6.15. The van der Waals surface area contributed by atoms with Crippen molar-refractivity contribution in [1.82, 2.24) is 0 Å². The lowest BCUT2D eigenvalue weighted by molar-refractivity contribution is -0.136. The highest BCUT2D eigenvalue weighted by atomic mass is 32.1. The van der Waals surface area contributed by atoms with Gasteiger partial charge < -0.3 is 9.84 Å². The average molecular weight is 198 g/mol. The summed E-state index contributed by atoms with van der Waals surface area (Å²) in [5.74, 6) is -0.273. The molecule has 0 saturated heterocycles. The van der Waals surface area contributed by atoms with E-state index in [0.717, 1.165) is 0 Å². The molecule has 0 aromatic heterocycles. The van der Waals surface area contributed by atoms with Gasteiger partial charge in [0.25, 0.3) is 0 Å². The van der Waals surface area contributed by atoms with Crippen molar-refractivity contribution >= 4 is 18.6 Å². The summed E-state index contributed by atoms with van der Waals surface area (Å²) in [6.45, 7) is 0. The topological polar surface area (TPSA) is 46.5 Å². The van der Waals surface area contributed by atoms with E-state index in [1.54, 1.807) is 18.2 Å². The fraction of sp³-hybridized carbons (Fsp3) is 0.222. The van der Waals surface area contributed by atoms with Crippen LogP contribution in [0.1, 0.15) is 5.56 Å². The van der Waals surface area contributed by atoms with E-state index in [-0.39, 0.29) is 6.42 Å². The SMILES string of the molecule is COc1cccc(CC(=O)O)c1S. The number of hydrogen-bond acceptors (Lipinski definition) is 3. The molecular weight excluding hydrogens is 188 g/mol. The fourth-order valence-corrected chi connectivity index (χ4v) is 1.36. The van der Waals surface area contributed by atoms with Crippen LogP contribution in [0.4, 0.5) is 0 Å². The van der Waals surface area contributed by atoms with Crippen molar-refractivity contribution in [2.75, 3.05) is 7.11 Å². The molecular formula is C9H10O3S. The Hall–Kier alpha value is -1.16. The third kappa shape index (κ3) is 2.39. The zero-order valence-corrected chi connectivity index (χ0v) is 8.04. The van der Waals surface area contributed by atoms with Crippen LogP contribution in [-0.4, -0.2) is 18.2 Å². The van der Waals surface area contributed by atoms with E-state index in [0.29, 0.717) is 16.2 Å². The number of rotatable bonds is 3. The van der Waals surface area contributed by atoms with Gasteiger partial charge >= 0.3 is 5.97 Å². The van der Waals surface area contributed by atoms with Crippen molar-refractivity contribution in [3.8, 4) is 5.75 Å². The molecule has 0 aliphatic carbocycles. The summed E-state index contributed by atoms with van der Waals surface area (Å²) >= 11 is 4.18. The molecule has 0 spiro atoms. The van der Waals surface area contributed by atoms with E-state index in [1.165, 1.54) is 7.11 Å². The Labute approximate surface area is 81.8 Å². The molecule has 0 bridgehead atoms. The molecule has 1 rings (SSSR count). The minimum atomic E-state index is -0.872. The van der Waals surface area contributed by atoms with Gasteiger partial charge in [-0.05, 0) is 11.6 Å². The van der Waals surface area contributed by atoms with Crippen LogP contribution in [0.2, 0.25) is 0 Å². The zero-order chi connectivity index (χ0) is 9.84. The molecule has 0 aliphatic heterocycles. The molecule has 4 heteroatoms. The Kier molecular flexibility index (Phi) is 3.19. The maximum Gasteiger partial charge on any atom is 0.307 e. The van der Waals surface area contributed by atoms with E-state index >= 15 is 0 Å². The molecule has 0 fully saturated rings. The van der Waals surface area contributed by atoms with Crippen molar-refractivity contribution in [2.24, 2.45) is 0 Å². The molecule has 1 N–H and O–H groups in total. The lowest BCUT2D eigenvalue weighted by Gasteiger charge is -2.06. The zero-order valence-electron chi connectivity index (χ0n) is 7.15. The van der Waals surface area contributed by atoms with Gasteiger partial charge in [-0.3, -0.25) is 4.79 Å². The molecule has 1 aromatic rings. The largest absolute Gasteiger partial charge is 0.496 e. The maximum atomic E-state index is 10.4. The van der Waals surface area contributed by atoms with Gasteiger partial charge in [0, 0.05) is 0 Å². The number of carboxylic acid groups (broad SMARTS) is 1. The minimum Gasteiger partial charge on any atom is -0.496 e. The smallest absolute Gasteiger partial charge is 0.307 e. The van der Waals surface area contributed by atoms with Gasteiger partial charge in [-0.1, -0.05) is 12.1 Å². The number of methoxy groups -OCH3 is 1. The molecule has 0 unspecified atom stereocenters. The number of thiol groups is 1. The van der Waals surface area contributed by atoms with Gasteiger partial charge in [0.15, 0.2) is 0 Å². The predicted octanol–water partition coefficient (Wildman–Crippen LogP) is 1.61. The highest BCUT2D eigenvalue weighted by Crippen LogP contribution is 2.26. The number of ether oxygens (including phenoxy) is 1. The summed E-state index contributed by atoms with van der Waals surface area (Å²) in [4.78, 5) is 11.0. The first-order valence-electron chi connectivity index (χ1n) is 3.71. The van der Waals surface area contributed by atoms with Crippen LogP contribution in [-0.2, 0) is 11.2 Å². The summed E-state index contributed by atoms with van der Waals surface area (Å²) in [7, 11) is 1.53. The van der Waals surface area contributed by atoms with E-state index in [2.05, 4.69) is 12.6 Å². The first-order valence-corrected chi connectivity index (χ1v) is 4.16. The lowest BCUT2D eigenvalue weighted by Crippen LogP contribution is -2.01. The van der Waals surface area contributed by atoms with Crippen LogP contribution in [0, 0.1) is 0 Å². The maximum absolute atomic E-state index is 10.4. The summed E-state index contributed by atoms with van der Waals surface area (Å²) < 4.78 is 5.00. The third-order valence-electron chi connectivity index (χ3n) is 1.64. The normalized spacial score (nSPS) is 9.69. The third-order valence-corrected chi connectivity index (χ3v) is 2.15. The van der Waals surface area contributed by atoms with Gasteiger partial charge in [0.1, 0.15) is 5.75 Å². The molecule has 0 saturated carbocycles. The summed E-state index contributed by atoms with van der Waals surface area (Å²) in [5.41, 5.74) is 0.662. The van der Waals surface area contributed by atoms with Crippen LogP contribution in [0.25, 0.3) is 0 Å². The van der Waals surface area contributed by atoms with Crippen LogP contribution in [0.5, 0.6) is 5.75 Å². The predicted molar refractivity (Wildman–Crippen MR) is 51.6 cm³/mol. The second-order valence-electron chi connectivity index (χ2n) is 2.54. The van der Waals surface area contributed by atoms with Gasteiger partial charge in [0.05, 0.1) is 18.4 Å². The van der Waals surface area contributed by atoms with Gasteiger partial charge in [-0.25, -0.2) is 0 Å². The number of aliphatic carboxylic acids is 1. The molecule has 0 heterocycles. The van der Waals surface area contributed by atoms with Crippen LogP contribution >= 0.6 is 12.6 Å². The summed E-state index contributed by atoms with van der Waals surface area (Å²) in [6, 6.07) is 5.21. The van der Waals surface area contributed by atoms with Crippen molar-refractivity contribution < 1.29 is 14.6 Å². The molecule has 0 aliphatic rings. The molecule has 0 amide bonds. The molecule has 3 nitrogen and oxygen atoms in total. The first kappa shape index (κ1) is 9.92. The second-order valence-corrected chi connectivity index (χ2v) is 2.99. The van der Waals surface area contributed by atoms with Crippen LogP contribution in [0.15, 0.2) is 23.1 Å². The van der Waals surface area contributed by atoms with Gasteiger partial charge in [-0.15, -0.1) is 12.6 Å². The Morgan fingerprint density at radius 3 is 2.85 bits per heavy atom. The van der Waals surface area contributed by atoms with E-state index in [4.69, 9.17) is 9.84 Å². The Morgan fingerprint density at radius 2 is 2.31 bits per heavy atom. The van der Waals surface area contributed by atoms with E-state index < -0.39 is 5.97 Å². The highest BCUT2D eigenvalue weighted by Gasteiger charge is 2.07. The Morgan fingerprint density at radius 1 is 1.62 bits per heavy atom. The van der Waals surface area contributed by atoms with Gasteiger partial charge in [-0.2, -0.15) is 0 Å². The van der Waals surface area contributed by atoms with Crippen molar-refractivity contribution in [2.45, 2.75) is 11.3 Å². The second kappa shape index (κ2) is 4.18. The number of hydrogen-bond donors (Lipinski definition) is 2. The Balaban J connectivity index is 3.01. The highest BCUT2D eigenvalue weighted by molar-refractivity contribution is 7.80. The molecule has 13 heavy (non-hydrogen) atoms. The molecule has 0 radical (unpaired) electrons. The average Bonchev–Trinajstić information content (AvgIpc) is 2.08. The van der Waals surface area contributed by atoms with E-state index in [1.807, 2.05) is 0 Å². The number of carboxylic acids is 1. The molecule has 70 valence electrons. The Bertz CT molecular complexity index is 323. The quantitative estimate of drug-likeness (QED) is 0.725. The summed E-state index contributed by atoms with van der Waals surface area (Å²) in [6.07, 6.45) is -0.0317. The monoisotopic (exact) mass is 198 g/mol. The number of carbonyl (C=O) groups is 1. The minimum absolute atomic E-state index is 0.0317. The standard InChI is InChI=1S/C9H10O3S/c1-12-7-4-2-3-6(9(7)13)5-8(10)11/h2-4,13H,5H2,1H3,(H,10,11). The molecule has 0 atom stereocenters.